The summed E-state index contributed by atoms with van der Waals surface area (Å²) in [5, 5.41) is 21.8. The molecule has 0 saturated carbocycles. The van der Waals surface area contributed by atoms with Gasteiger partial charge in [-0.15, -0.1) is 0 Å². The molecule has 1 aliphatic heterocycles. The van der Waals surface area contributed by atoms with Crippen molar-refractivity contribution in [3.8, 4) is 11.5 Å². The topological polar surface area (TPSA) is 61.7 Å². The van der Waals surface area contributed by atoms with Crippen molar-refractivity contribution >= 4 is 5.69 Å². The van der Waals surface area contributed by atoms with E-state index in [1.807, 2.05) is 6.07 Å². The number of rotatable bonds is 1. The average Bonchev–Trinajstić information content (AvgIpc) is 2.19. The van der Waals surface area contributed by atoms with Gasteiger partial charge in [-0.3, -0.25) is 0 Å². The number of hydrogen-bond donors (Lipinski definition) is 3. The third kappa shape index (κ3) is 1.72. The van der Waals surface area contributed by atoms with E-state index in [2.05, 4.69) is 19.2 Å². The Balaban J connectivity index is 2.50. The number of phenols is 1. The van der Waals surface area contributed by atoms with Crippen LogP contribution >= 0.6 is 0 Å². The van der Waals surface area contributed by atoms with Crippen LogP contribution in [0.3, 0.4) is 0 Å². The summed E-state index contributed by atoms with van der Waals surface area (Å²) in [6, 6.07) is 3.46. The van der Waals surface area contributed by atoms with Gasteiger partial charge in [0.15, 0.2) is 6.23 Å². The third-order valence-corrected chi connectivity index (χ3v) is 2.48. The standard InChI is InChI=1S/C11H15NO3/c1-6(2)7-3-4-8(13)10-11(7)15-5-9(14)12-10/h3-4,6,9,12-14H,5H2,1-2H3. The molecule has 4 nitrogen and oxygen atoms in total. The molecule has 1 aliphatic rings. The normalized spacial score (nSPS) is 19.3. The number of anilines is 1. The Morgan fingerprint density at radius 2 is 2.20 bits per heavy atom. The van der Waals surface area contributed by atoms with E-state index in [-0.39, 0.29) is 12.4 Å². The van der Waals surface area contributed by atoms with E-state index in [1.165, 1.54) is 0 Å². The molecule has 4 heteroatoms. The van der Waals surface area contributed by atoms with Crippen LogP contribution in [0.4, 0.5) is 5.69 Å². The minimum Gasteiger partial charge on any atom is -0.506 e. The van der Waals surface area contributed by atoms with E-state index in [1.54, 1.807) is 6.07 Å². The second-order valence-corrected chi connectivity index (χ2v) is 4.00. The maximum atomic E-state index is 9.63. The monoisotopic (exact) mass is 209 g/mol. The summed E-state index contributed by atoms with van der Waals surface area (Å²) >= 11 is 0. The van der Waals surface area contributed by atoms with E-state index >= 15 is 0 Å². The molecule has 0 radical (unpaired) electrons. The number of nitrogens with one attached hydrogen (secondary N) is 1. The molecule has 0 aromatic heterocycles. The lowest BCUT2D eigenvalue weighted by molar-refractivity contribution is 0.118. The van der Waals surface area contributed by atoms with Crippen molar-refractivity contribution in [2.75, 3.05) is 11.9 Å². The summed E-state index contributed by atoms with van der Waals surface area (Å²) in [5.74, 6) is 1.07. The van der Waals surface area contributed by atoms with Crippen LogP contribution in [0.25, 0.3) is 0 Å². The van der Waals surface area contributed by atoms with E-state index < -0.39 is 6.23 Å². The lowest BCUT2D eigenvalue weighted by atomic mass is 10.00. The summed E-state index contributed by atoms with van der Waals surface area (Å²) in [4.78, 5) is 0. The Kier molecular flexibility index (Phi) is 2.44. The second kappa shape index (κ2) is 3.62. The van der Waals surface area contributed by atoms with E-state index in [0.717, 1.165) is 5.56 Å². The Morgan fingerprint density at radius 1 is 1.47 bits per heavy atom. The van der Waals surface area contributed by atoms with Crippen molar-refractivity contribution in [2.45, 2.75) is 26.0 Å². The van der Waals surface area contributed by atoms with Gasteiger partial charge in [-0.05, 0) is 17.5 Å². The number of benzene rings is 1. The van der Waals surface area contributed by atoms with Gasteiger partial charge in [0, 0.05) is 0 Å². The molecule has 15 heavy (non-hydrogen) atoms. The van der Waals surface area contributed by atoms with Crippen LogP contribution in [0.1, 0.15) is 25.3 Å². The van der Waals surface area contributed by atoms with Crippen LogP contribution in [-0.2, 0) is 0 Å². The molecule has 0 fully saturated rings. The summed E-state index contributed by atoms with van der Waals surface area (Å²) in [7, 11) is 0. The first-order chi connectivity index (χ1) is 7.09. The zero-order chi connectivity index (χ0) is 11.0. The molecule has 1 atom stereocenters. The number of aromatic hydroxyl groups is 1. The summed E-state index contributed by atoms with van der Waals surface area (Å²) in [5.41, 5.74) is 1.52. The third-order valence-electron chi connectivity index (χ3n) is 2.48. The molecule has 1 aromatic rings. The number of aliphatic hydroxyl groups excluding tert-OH is 1. The van der Waals surface area contributed by atoms with Gasteiger partial charge in [-0.1, -0.05) is 19.9 Å². The zero-order valence-corrected chi connectivity index (χ0v) is 8.82. The van der Waals surface area contributed by atoms with Crippen LogP contribution in [-0.4, -0.2) is 23.0 Å². The lowest BCUT2D eigenvalue weighted by Gasteiger charge is -2.27. The molecule has 0 aliphatic carbocycles. The fourth-order valence-electron chi connectivity index (χ4n) is 1.71. The molecule has 0 spiro atoms. The number of phenolic OH excluding ortho intramolecular Hbond substituents is 1. The summed E-state index contributed by atoms with van der Waals surface area (Å²) in [6.45, 7) is 4.32. The SMILES string of the molecule is CC(C)c1ccc(O)c2c1OCC(O)N2. The van der Waals surface area contributed by atoms with Gasteiger partial charge >= 0.3 is 0 Å². The van der Waals surface area contributed by atoms with Crippen LogP contribution in [0.15, 0.2) is 12.1 Å². The number of hydrogen-bond acceptors (Lipinski definition) is 4. The minimum absolute atomic E-state index is 0.105. The Bertz CT molecular complexity index is 376. The Hall–Kier alpha value is -1.42. The van der Waals surface area contributed by atoms with Crippen molar-refractivity contribution in [1.29, 1.82) is 0 Å². The molecule has 0 saturated heterocycles. The average molecular weight is 209 g/mol. The maximum absolute atomic E-state index is 9.63. The highest BCUT2D eigenvalue weighted by Crippen LogP contribution is 2.42. The highest BCUT2D eigenvalue weighted by Gasteiger charge is 2.23. The van der Waals surface area contributed by atoms with Gasteiger partial charge in [0.05, 0.1) is 0 Å². The second-order valence-electron chi connectivity index (χ2n) is 4.00. The Labute approximate surface area is 88.5 Å². The molecule has 1 heterocycles. The van der Waals surface area contributed by atoms with Crippen molar-refractivity contribution in [2.24, 2.45) is 0 Å². The highest BCUT2D eigenvalue weighted by molar-refractivity contribution is 5.70. The fourth-order valence-corrected chi connectivity index (χ4v) is 1.71. The smallest absolute Gasteiger partial charge is 0.159 e. The van der Waals surface area contributed by atoms with Gasteiger partial charge in [0.25, 0.3) is 0 Å². The predicted octanol–water partition coefficient (Wildman–Crippen LogP) is 1.64. The highest BCUT2D eigenvalue weighted by atomic mass is 16.5. The summed E-state index contributed by atoms with van der Waals surface area (Å²) in [6.07, 6.45) is -0.759. The molecule has 1 unspecified atom stereocenters. The largest absolute Gasteiger partial charge is 0.506 e. The maximum Gasteiger partial charge on any atom is 0.159 e. The Morgan fingerprint density at radius 3 is 2.87 bits per heavy atom. The van der Waals surface area contributed by atoms with Crippen LogP contribution in [0.5, 0.6) is 11.5 Å². The quantitative estimate of drug-likeness (QED) is 0.615. The molecule has 82 valence electrons. The van der Waals surface area contributed by atoms with Crippen molar-refractivity contribution in [1.82, 2.24) is 0 Å². The van der Waals surface area contributed by atoms with Crippen molar-refractivity contribution < 1.29 is 14.9 Å². The lowest BCUT2D eigenvalue weighted by Crippen LogP contribution is -2.31. The van der Waals surface area contributed by atoms with Crippen LogP contribution in [0.2, 0.25) is 0 Å². The van der Waals surface area contributed by atoms with E-state index in [9.17, 15) is 10.2 Å². The first-order valence-corrected chi connectivity index (χ1v) is 5.03. The van der Waals surface area contributed by atoms with Gasteiger partial charge in [-0.2, -0.15) is 0 Å². The molecule has 2 rings (SSSR count). The number of aliphatic hydroxyl groups is 1. The molecular formula is C11H15NO3. The van der Waals surface area contributed by atoms with Crippen LogP contribution in [0, 0.1) is 0 Å². The molecular weight excluding hydrogens is 194 g/mol. The van der Waals surface area contributed by atoms with Crippen molar-refractivity contribution in [3.05, 3.63) is 17.7 Å². The molecule has 1 aromatic carbocycles. The number of ether oxygens (including phenoxy) is 1. The van der Waals surface area contributed by atoms with E-state index in [4.69, 9.17) is 4.74 Å². The minimum atomic E-state index is -0.759. The molecule has 3 N–H and O–H groups in total. The molecule has 0 amide bonds. The first-order valence-electron chi connectivity index (χ1n) is 5.03. The fraction of sp³-hybridized carbons (Fsp3) is 0.455. The zero-order valence-electron chi connectivity index (χ0n) is 8.82. The van der Waals surface area contributed by atoms with Gasteiger partial charge < -0.3 is 20.3 Å². The van der Waals surface area contributed by atoms with Crippen molar-refractivity contribution in [3.63, 3.8) is 0 Å². The first kappa shape index (κ1) is 10.1. The number of fused-ring (bicyclic) bond motifs is 1. The van der Waals surface area contributed by atoms with Crippen LogP contribution < -0.4 is 10.1 Å². The van der Waals surface area contributed by atoms with Gasteiger partial charge in [0.1, 0.15) is 23.8 Å². The van der Waals surface area contributed by atoms with Gasteiger partial charge in [-0.25, -0.2) is 0 Å². The van der Waals surface area contributed by atoms with E-state index in [0.29, 0.717) is 17.4 Å². The predicted molar refractivity (Wildman–Crippen MR) is 57.3 cm³/mol. The molecule has 0 bridgehead atoms. The van der Waals surface area contributed by atoms with Gasteiger partial charge in [0.2, 0.25) is 0 Å². The summed E-state index contributed by atoms with van der Waals surface area (Å²) < 4.78 is 5.44.